The minimum Gasteiger partial charge on any atom is -0.331 e. The van der Waals surface area contributed by atoms with Gasteiger partial charge in [-0.05, 0) is 42.3 Å². The maximum absolute atomic E-state index is 12.7. The van der Waals surface area contributed by atoms with Gasteiger partial charge in [-0.15, -0.1) is 5.10 Å². The van der Waals surface area contributed by atoms with Gasteiger partial charge in [0.1, 0.15) is 18.7 Å². The number of fused-ring (bicyclic) bond motifs is 1. The van der Waals surface area contributed by atoms with Crippen molar-refractivity contribution in [1.29, 1.82) is 0 Å². The summed E-state index contributed by atoms with van der Waals surface area (Å²) < 4.78 is 3.67. The van der Waals surface area contributed by atoms with Crippen molar-refractivity contribution in [2.45, 2.75) is 38.9 Å². The summed E-state index contributed by atoms with van der Waals surface area (Å²) in [6, 6.07) is 8.13. The Morgan fingerprint density at radius 2 is 2.21 bits per heavy atom. The van der Waals surface area contributed by atoms with E-state index in [4.69, 9.17) is 4.98 Å². The van der Waals surface area contributed by atoms with Crippen LogP contribution in [0.1, 0.15) is 31.6 Å². The minimum absolute atomic E-state index is 0.0151. The summed E-state index contributed by atoms with van der Waals surface area (Å²) >= 11 is 0. The normalized spacial score (nSPS) is 17.7. The Labute approximate surface area is 139 Å². The van der Waals surface area contributed by atoms with E-state index in [9.17, 15) is 4.79 Å². The topological polar surface area (TPSA) is 81.7 Å². The van der Waals surface area contributed by atoms with Crippen molar-refractivity contribution in [2.75, 3.05) is 6.54 Å². The van der Waals surface area contributed by atoms with Crippen molar-refractivity contribution in [2.24, 2.45) is 0 Å². The second-order valence-electron chi connectivity index (χ2n) is 5.96. The van der Waals surface area contributed by atoms with Crippen molar-refractivity contribution < 1.29 is 4.79 Å². The zero-order chi connectivity index (χ0) is 16.5. The third-order valence-corrected chi connectivity index (χ3v) is 4.56. The highest BCUT2D eigenvalue weighted by atomic mass is 16.2. The average molecular weight is 325 g/mol. The van der Waals surface area contributed by atoms with Crippen LogP contribution in [-0.2, 0) is 17.9 Å². The number of hydrogen-bond acceptors (Lipinski definition) is 5. The van der Waals surface area contributed by atoms with Crippen LogP contribution in [0.4, 0.5) is 0 Å². The third-order valence-electron chi connectivity index (χ3n) is 4.56. The summed E-state index contributed by atoms with van der Waals surface area (Å²) in [6.07, 6.45) is 3.38. The standard InChI is InChI=1S/C16H19N7O/c1-2-22-13-7-4-3-6-12(13)18-16(22)14-8-5-9-23(14)15(24)10-21-11-17-19-20-21/h3-4,6-7,11,14H,2,5,8-10H2,1H3. The fourth-order valence-electron chi connectivity index (χ4n) is 3.50. The molecule has 1 aromatic carbocycles. The number of amides is 1. The maximum Gasteiger partial charge on any atom is 0.245 e. The molecule has 1 fully saturated rings. The van der Waals surface area contributed by atoms with Gasteiger partial charge in [0.25, 0.3) is 0 Å². The van der Waals surface area contributed by atoms with Gasteiger partial charge in [0.15, 0.2) is 0 Å². The Bertz CT molecular complexity index is 855. The predicted molar refractivity (Wildman–Crippen MR) is 86.9 cm³/mol. The molecule has 0 N–H and O–H groups in total. The molecule has 8 heteroatoms. The van der Waals surface area contributed by atoms with Crippen molar-refractivity contribution in [1.82, 2.24) is 34.7 Å². The molecule has 8 nitrogen and oxygen atoms in total. The number of carbonyl (C=O) groups is 1. The second kappa shape index (κ2) is 6.03. The number of rotatable bonds is 4. The van der Waals surface area contributed by atoms with E-state index in [0.29, 0.717) is 0 Å². The van der Waals surface area contributed by atoms with E-state index in [1.165, 1.54) is 11.0 Å². The first-order chi connectivity index (χ1) is 11.8. The zero-order valence-electron chi connectivity index (χ0n) is 13.5. The van der Waals surface area contributed by atoms with E-state index in [1.807, 2.05) is 23.1 Å². The quantitative estimate of drug-likeness (QED) is 0.724. The van der Waals surface area contributed by atoms with Crippen LogP contribution < -0.4 is 0 Å². The Morgan fingerprint density at radius 1 is 1.33 bits per heavy atom. The number of likely N-dealkylation sites (tertiary alicyclic amines) is 1. The molecule has 3 aromatic rings. The van der Waals surface area contributed by atoms with Crippen LogP contribution in [-0.4, -0.2) is 47.1 Å². The van der Waals surface area contributed by atoms with Crippen molar-refractivity contribution in [3.63, 3.8) is 0 Å². The van der Waals surface area contributed by atoms with Crippen molar-refractivity contribution >= 4 is 16.9 Å². The number of aryl methyl sites for hydroxylation is 1. The van der Waals surface area contributed by atoms with Crippen molar-refractivity contribution in [3.8, 4) is 0 Å². The molecular formula is C16H19N7O. The molecular weight excluding hydrogens is 306 g/mol. The average Bonchev–Trinajstić information content (AvgIpc) is 3.33. The van der Waals surface area contributed by atoms with E-state index in [-0.39, 0.29) is 18.5 Å². The number of hydrogen-bond donors (Lipinski definition) is 0. The second-order valence-corrected chi connectivity index (χ2v) is 5.96. The molecule has 1 amide bonds. The van der Waals surface area contributed by atoms with Gasteiger partial charge in [0.05, 0.1) is 17.1 Å². The first-order valence-electron chi connectivity index (χ1n) is 8.23. The molecule has 4 rings (SSSR count). The van der Waals surface area contributed by atoms with Crippen LogP contribution in [0.5, 0.6) is 0 Å². The lowest BCUT2D eigenvalue weighted by Crippen LogP contribution is -2.34. The molecule has 0 bridgehead atoms. The first kappa shape index (κ1) is 14.8. The smallest absolute Gasteiger partial charge is 0.245 e. The summed E-state index contributed by atoms with van der Waals surface area (Å²) in [5.74, 6) is 1.00. The molecule has 0 spiro atoms. The zero-order valence-corrected chi connectivity index (χ0v) is 13.5. The largest absolute Gasteiger partial charge is 0.331 e. The van der Waals surface area contributed by atoms with Gasteiger partial charge in [-0.3, -0.25) is 4.79 Å². The van der Waals surface area contributed by atoms with E-state index in [2.05, 4.69) is 33.1 Å². The Morgan fingerprint density at radius 3 is 3.00 bits per heavy atom. The monoisotopic (exact) mass is 325 g/mol. The molecule has 0 saturated carbocycles. The minimum atomic E-state index is 0.0151. The molecule has 0 radical (unpaired) electrons. The van der Waals surface area contributed by atoms with Gasteiger partial charge in [0, 0.05) is 13.1 Å². The predicted octanol–water partition coefficient (Wildman–Crippen LogP) is 1.41. The molecule has 124 valence electrons. The molecule has 2 aromatic heterocycles. The fourth-order valence-corrected chi connectivity index (χ4v) is 3.50. The van der Waals surface area contributed by atoms with E-state index in [0.717, 1.165) is 42.8 Å². The highest BCUT2D eigenvalue weighted by Crippen LogP contribution is 2.33. The van der Waals surface area contributed by atoms with Gasteiger partial charge in [-0.25, -0.2) is 9.67 Å². The number of tetrazole rings is 1. The highest BCUT2D eigenvalue weighted by Gasteiger charge is 2.33. The lowest BCUT2D eigenvalue weighted by Gasteiger charge is -2.24. The summed E-state index contributed by atoms with van der Waals surface area (Å²) in [4.78, 5) is 19.4. The molecule has 1 saturated heterocycles. The van der Waals surface area contributed by atoms with Crippen LogP contribution in [0.2, 0.25) is 0 Å². The molecule has 24 heavy (non-hydrogen) atoms. The van der Waals surface area contributed by atoms with Crippen LogP contribution in [0.25, 0.3) is 11.0 Å². The third kappa shape index (κ3) is 2.44. The lowest BCUT2D eigenvalue weighted by molar-refractivity contribution is -0.133. The summed E-state index contributed by atoms with van der Waals surface area (Å²) in [5.41, 5.74) is 2.10. The molecule has 1 unspecified atom stereocenters. The molecule has 3 heterocycles. The Hall–Kier alpha value is -2.77. The van der Waals surface area contributed by atoms with Crippen LogP contribution in [0.15, 0.2) is 30.6 Å². The van der Waals surface area contributed by atoms with E-state index in [1.54, 1.807) is 0 Å². The fraction of sp³-hybridized carbons (Fsp3) is 0.438. The van der Waals surface area contributed by atoms with Gasteiger partial charge in [-0.1, -0.05) is 12.1 Å². The number of para-hydroxylation sites is 2. The number of nitrogens with zero attached hydrogens (tertiary/aromatic N) is 7. The number of benzene rings is 1. The number of carbonyl (C=O) groups excluding carboxylic acids is 1. The van der Waals surface area contributed by atoms with Gasteiger partial charge >= 0.3 is 0 Å². The summed E-state index contributed by atoms with van der Waals surface area (Å²) in [5, 5.41) is 10.9. The summed E-state index contributed by atoms with van der Waals surface area (Å²) in [6.45, 7) is 3.86. The molecule has 1 aliphatic heterocycles. The molecule has 1 atom stereocenters. The molecule has 1 aliphatic rings. The summed E-state index contributed by atoms with van der Waals surface area (Å²) in [7, 11) is 0. The van der Waals surface area contributed by atoms with Crippen LogP contribution >= 0.6 is 0 Å². The van der Waals surface area contributed by atoms with Crippen molar-refractivity contribution in [3.05, 3.63) is 36.4 Å². The SMILES string of the molecule is CCn1c(C2CCCN2C(=O)Cn2cnnn2)nc2ccccc21. The number of aromatic nitrogens is 6. The lowest BCUT2D eigenvalue weighted by atomic mass is 10.2. The van der Waals surface area contributed by atoms with E-state index >= 15 is 0 Å². The van der Waals surface area contributed by atoms with Crippen LogP contribution in [0, 0.1) is 0 Å². The number of imidazole rings is 1. The first-order valence-corrected chi connectivity index (χ1v) is 8.23. The van der Waals surface area contributed by atoms with Gasteiger partial charge in [-0.2, -0.15) is 0 Å². The Kier molecular flexibility index (Phi) is 3.72. The van der Waals surface area contributed by atoms with Gasteiger partial charge in [0.2, 0.25) is 5.91 Å². The van der Waals surface area contributed by atoms with Gasteiger partial charge < -0.3 is 9.47 Å². The Balaban J connectivity index is 1.66. The highest BCUT2D eigenvalue weighted by molar-refractivity contribution is 5.78. The molecule has 0 aliphatic carbocycles. The van der Waals surface area contributed by atoms with Crippen LogP contribution in [0.3, 0.4) is 0 Å². The maximum atomic E-state index is 12.7. The van der Waals surface area contributed by atoms with E-state index < -0.39 is 0 Å².